The van der Waals surface area contributed by atoms with Gasteiger partial charge in [-0.2, -0.15) is 0 Å². The van der Waals surface area contributed by atoms with Crippen LogP contribution in [-0.4, -0.2) is 43.5 Å². The van der Waals surface area contributed by atoms with Crippen molar-refractivity contribution in [2.75, 3.05) is 13.2 Å². The van der Waals surface area contributed by atoms with Gasteiger partial charge in [-0.15, -0.1) is 20.5 Å². The van der Waals surface area contributed by atoms with Gasteiger partial charge in [0.2, 0.25) is 0 Å². The van der Waals surface area contributed by atoms with Gasteiger partial charge in [0.15, 0.2) is 11.4 Å². The lowest BCUT2D eigenvalue weighted by Crippen LogP contribution is -1.96. The number of para-hydroxylation sites is 2. The Morgan fingerprint density at radius 3 is 1.29 bits per heavy atom. The number of aliphatic hydroxyl groups is 2. The molecule has 49 heavy (non-hydrogen) atoms. The SMILES string of the molecule is O=[N+]([O-])c1ccccc1N=Nc1cc(CCCO)cc(CCCCCc2cc(CCCO)cc(N=Nc3ccccc3[N+](=O)[O-])c2O)c1O. The molecule has 0 radical (unpaired) electrons. The van der Waals surface area contributed by atoms with Crippen LogP contribution in [0.25, 0.3) is 0 Å². The van der Waals surface area contributed by atoms with Gasteiger partial charge in [-0.3, -0.25) is 20.2 Å². The van der Waals surface area contributed by atoms with E-state index in [1.54, 1.807) is 24.3 Å². The first-order valence-electron chi connectivity index (χ1n) is 15.9. The van der Waals surface area contributed by atoms with E-state index in [0.29, 0.717) is 62.5 Å². The second-order valence-corrected chi connectivity index (χ2v) is 11.4. The summed E-state index contributed by atoms with van der Waals surface area (Å²) in [6.07, 6.45) is 5.23. The number of hydrogen-bond donors (Lipinski definition) is 4. The third-order valence-corrected chi connectivity index (χ3v) is 7.78. The van der Waals surface area contributed by atoms with Crippen LogP contribution in [0.15, 0.2) is 93.3 Å². The van der Waals surface area contributed by atoms with Gasteiger partial charge < -0.3 is 20.4 Å². The van der Waals surface area contributed by atoms with Crippen LogP contribution in [0.1, 0.15) is 54.4 Å². The minimum atomic E-state index is -0.550. The number of nitro groups is 2. The molecule has 4 N–H and O–H groups in total. The Morgan fingerprint density at radius 1 is 0.510 bits per heavy atom. The van der Waals surface area contributed by atoms with Crippen molar-refractivity contribution in [1.82, 2.24) is 0 Å². The average Bonchev–Trinajstić information content (AvgIpc) is 3.10. The molecule has 0 bridgehead atoms. The van der Waals surface area contributed by atoms with Gasteiger partial charge in [-0.05, 0) is 97.9 Å². The highest BCUT2D eigenvalue weighted by molar-refractivity contribution is 5.61. The number of aromatic hydroxyl groups is 2. The number of nitro benzene ring substituents is 2. The highest BCUT2D eigenvalue weighted by Gasteiger charge is 2.16. The smallest absolute Gasteiger partial charge is 0.296 e. The summed E-state index contributed by atoms with van der Waals surface area (Å²) in [4.78, 5) is 21.7. The van der Waals surface area contributed by atoms with Crippen LogP contribution in [0.4, 0.5) is 34.1 Å². The third kappa shape index (κ3) is 10.2. The maximum Gasteiger partial charge on any atom is 0.296 e. The summed E-state index contributed by atoms with van der Waals surface area (Å²) in [6, 6.07) is 18.9. The summed E-state index contributed by atoms with van der Waals surface area (Å²) >= 11 is 0. The minimum absolute atomic E-state index is 0.00736. The fourth-order valence-corrected chi connectivity index (χ4v) is 5.30. The first-order valence-corrected chi connectivity index (χ1v) is 15.9. The summed E-state index contributed by atoms with van der Waals surface area (Å²) in [7, 11) is 0. The van der Waals surface area contributed by atoms with Crippen LogP contribution in [0.5, 0.6) is 11.5 Å². The van der Waals surface area contributed by atoms with E-state index in [1.807, 2.05) is 12.1 Å². The molecular weight excluding hydrogens is 632 g/mol. The van der Waals surface area contributed by atoms with Crippen LogP contribution < -0.4 is 0 Å². The Hall–Kier alpha value is -5.60. The first kappa shape index (κ1) is 36.2. The zero-order chi connectivity index (χ0) is 35.2. The van der Waals surface area contributed by atoms with Gasteiger partial charge in [0.1, 0.15) is 22.9 Å². The largest absolute Gasteiger partial charge is 0.505 e. The summed E-state index contributed by atoms with van der Waals surface area (Å²) in [5.41, 5.74) is 3.01. The summed E-state index contributed by atoms with van der Waals surface area (Å²) in [5, 5.41) is 79.9. The molecule has 14 nitrogen and oxygen atoms in total. The predicted octanol–water partition coefficient (Wildman–Crippen LogP) is 8.55. The Labute approximate surface area is 282 Å². The van der Waals surface area contributed by atoms with Gasteiger partial charge in [-0.25, -0.2) is 0 Å². The predicted molar refractivity (Wildman–Crippen MR) is 183 cm³/mol. The fraction of sp³-hybridized carbons (Fsp3) is 0.314. The normalized spacial score (nSPS) is 11.5. The summed E-state index contributed by atoms with van der Waals surface area (Å²) in [6.45, 7) is -0.0147. The molecular formula is C35H38N6O8. The molecule has 14 heteroatoms. The zero-order valence-electron chi connectivity index (χ0n) is 26.8. The molecule has 0 aliphatic carbocycles. The highest BCUT2D eigenvalue weighted by Crippen LogP contribution is 2.38. The molecule has 4 aromatic rings. The second-order valence-electron chi connectivity index (χ2n) is 11.4. The fourth-order valence-electron chi connectivity index (χ4n) is 5.30. The molecule has 0 atom stereocenters. The molecule has 0 aromatic heterocycles. The van der Waals surface area contributed by atoms with E-state index < -0.39 is 9.85 Å². The Morgan fingerprint density at radius 2 is 0.898 bits per heavy atom. The first-order chi connectivity index (χ1) is 23.7. The molecule has 0 aliphatic heterocycles. The van der Waals surface area contributed by atoms with Crippen LogP contribution in [0, 0.1) is 20.2 Å². The monoisotopic (exact) mass is 670 g/mol. The number of aryl methyl sites for hydroxylation is 4. The Kier molecular flexibility index (Phi) is 13.4. The van der Waals surface area contributed by atoms with E-state index in [2.05, 4.69) is 20.5 Å². The molecule has 4 rings (SSSR count). The van der Waals surface area contributed by atoms with Gasteiger partial charge in [-0.1, -0.05) is 42.8 Å². The van der Waals surface area contributed by atoms with E-state index in [1.165, 1.54) is 36.4 Å². The number of nitrogens with zero attached hydrogens (tertiary/aromatic N) is 6. The lowest BCUT2D eigenvalue weighted by Gasteiger charge is -2.12. The highest BCUT2D eigenvalue weighted by atomic mass is 16.6. The van der Waals surface area contributed by atoms with Crippen molar-refractivity contribution >= 4 is 34.1 Å². The Bertz CT molecular complexity index is 1700. The molecule has 0 spiro atoms. The number of phenolic OH excluding ortho intramolecular Hbond substituents is 2. The van der Waals surface area contributed by atoms with E-state index in [0.717, 1.165) is 17.5 Å². The molecule has 256 valence electrons. The molecule has 4 aromatic carbocycles. The molecule has 0 aliphatic rings. The number of benzene rings is 4. The van der Waals surface area contributed by atoms with Gasteiger partial charge in [0.25, 0.3) is 11.4 Å². The van der Waals surface area contributed by atoms with Crippen molar-refractivity contribution in [3.8, 4) is 11.5 Å². The van der Waals surface area contributed by atoms with E-state index >= 15 is 0 Å². The average molecular weight is 671 g/mol. The molecule has 0 heterocycles. The molecule has 0 saturated carbocycles. The maximum absolute atomic E-state index is 11.4. The van der Waals surface area contributed by atoms with Gasteiger partial charge in [0, 0.05) is 25.3 Å². The molecule has 0 unspecified atom stereocenters. The number of hydrogen-bond acceptors (Lipinski definition) is 12. The lowest BCUT2D eigenvalue weighted by atomic mass is 9.97. The minimum Gasteiger partial charge on any atom is -0.505 e. The van der Waals surface area contributed by atoms with Crippen molar-refractivity contribution < 1.29 is 30.3 Å². The lowest BCUT2D eigenvalue weighted by molar-refractivity contribution is -0.384. The van der Waals surface area contributed by atoms with Crippen molar-refractivity contribution in [1.29, 1.82) is 0 Å². The van der Waals surface area contributed by atoms with Crippen molar-refractivity contribution in [2.24, 2.45) is 20.5 Å². The van der Waals surface area contributed by atoms with Crippen LogP contribution in [0.3, 0.4) is 0 Å². The summed E-state index contributed by atoms with van der Waals surface area (Å²) < 4.78 is 0. The number of aliphatic hydroxyl groups excluding tert-OH is 2. The number of phenols is 2. The molecule has 0 amide bonds. The van der Waals surface area contributed by atoms with Crippen LogP contribution in [-0.2, 0) is 25.7 Å². The number of unbranched alkanes of at least 4 members (excludes halogenated alkanes) is 2. The van der Waals surface area contributed by atoms with Gasteiger partial charge >= 0.3 is 0 Å². The second kappa shape index (κ2) is 18.1. The van der Waals surface area contributed by atoms with Gasteiger partial charge in [0.05, 0.1) is 9.85 Å². The maximum atomic E-state index is 11.4. The molecule has 0 fully saturated rings. The van der Waals surface area contributed by atoms with Crippen molar-refractivity contribution in [2.45, 2.75) is 57.8 Å². The third-order valence-electron chi connectivity index (χ3n) is 7.78. The van der Waals surface area contributed by atoms with Crippen LogP contribution in [0.2, 0.25) is 0 Å². The quantitative estimate of drug-likeness (QED) is 0.0347. The zero-order valence-corrected chi connectivity index (χ0v) is 26.8. The van der Waals surface area contributed by atoms with Crippen molar-refractivity contribution in [3.05, 3.63) is 115 Å². The van der Waals surface area contributed by atoms with E-state index in [-0.39, 0.29) is 58.8 Å². The van der Waals surface area contributed by atoms with Crippen molar-refractivity contribution in [3.63, 3.8) is 0 Å². The summed E-state index contributed by atoms with van der Waals surface area (Å²) in [5.74, 6) is -0.143. The number of azo groups is 2. The van der Waals surface area contributed by atoms with E-state index in [9.17, 15) is 40.7 Å². The topological polar surface area (TPSA) is 217 Å². The van der Waals surface area contributed by atoms with E-state index in [4.69, 9.17) is 0 Å². The Balaban J connectivity index is 1.47. The molecule has 0 saturated heterocycles. The van der Waals surface area contributed by atoms with Crippen LogP contribution >= 0.6 is 0 Å². The number of rotatable bonds is 18. The standard InChI is InChI=1S/C35H38N6O8/c42-18-8-10-24-20-26(34(44)30(22-24)38-36-28-14-4-6-16-32(28)40(46)47)12-2-1-3-13-27-21-25(11-9-19-43)23-31(35(27)45)39-37-29-15-5-7-17-33(29)41(48)49/h4-7,14-17,20-23,42-45H,1-3,8-13,18-19H2.